The number of anilines is 1. The second-order valence-electron chi connectivity index (χ2n) is 5.65. The fourth-order valence-electron chi connectivity index (χ4n) is 2.68. The first-order valence-electron chi connectivity index (χ1n) is 8.67. The third kappa shape index (κ3) is 5.88. The number of halogens is 1. The maximum Gasteiger partial charge on any atom is 0.238 e. The van der Waals surface area contributed by atoms with Crippen LogP contribution in [0.4, 0.5) is 5.69 Å². The summed E-state index contributed by atoms with van der Waals surface area (Å²) in [5.74, 6) is 1.33. The standard InChI is InChI=1S/C21H23N3O4.ClH/c1-4-28-20-12-15(6-8-19(20)27-3)16(9-10-22)14-5-7-18(26-2)17(11-14)24-21(25)13-23;/h5-9,11-12H,4,13,23H2,1-3H3,(H,24,25);1H/b16-9+;. The van der Waals surface area contributed by atoms with E-state index in [1.54, 1.807) is 25.3 Å². The van der Waals surface area contributed by atoms with E-state index in [1.807, 2.05) is 25.1 Å². The van der Waals surface area contributed by atoms with Crippen molar-refractivity contribution in [1.29, 1.82) is 5.26 Å². The molecule has 2 rings (SSSR count). The fourth-order valence-corrected chi connectivity index (χ4v) is 2.68. The van der Waals surface area contributed by atoms with Crippen molar-refractivity contribution in [2.24, 2.45) is 5.73 Å². The number of ether oxygens (including phenoxy) is 3. The van der Waals surface area contributed by atoms with Gasteiger partial charge in [0.2, 0.25) is 5.91 Å². The van der Waals surface area contributed by atoms with Gasteiger partial charge in [0.1, 0.15) is 5.75 Å². The number of carbonyl (C=O) groups is 1. The minimum atomic E-state index is -0.343. The number of amides is 1. The van der Waals surface area contributed by atoms with Gasteiger partial charge in [0, 0.05) is 6.08 Å². The van der Waals surface area contributed by atoms with Crippen LogP contribution < -0.4 is 25.3 Å². The van der Waals surface area contributed by atoms with Crippen molar-refractivity contribution in [1.82, 2.24) is 0 Å². The lowest BCUT2D eigenvalue weighted by molar-refractivity contribution is -0.114. The number of methoxy groups -OCH3 is 2. The van der Waals surface area contributed by atoms with Crippen LogP contribution in [0.3, 0.4) is 0 Å². The normalized spacial score (nSPS) is 10.4. The molecule has 0 aliphatic heterocycles. The molecule has 3 N–H and O–H groups in total. The summed E-state index contributed by atoms with van der Waals surface area (Å²) in [5, 5.41) is 12.0. The predicted octanol–water partition coefficient (Wildman–Crippen LogP) is 3.38. The van der Waals surface area contributed by atoms with E-state index in [2.05, 4.69) is 11.4 Å². The summed E-state index contributed by atoms with van der Waals surface area (Å²) in [5.41, 5.74) is 8.02. The molecule has 0 bridgehead atoms. The Bertz CT molecular complexity index is 923. The Kier molecular flexibility index (Phi) is 9.52. The Hall–Kier alpha value is -3.21. The van der Waals surface area contributed by atoms with Gasteiger partial charge in [-0.15, -0.1) is 12.4 Å². The molecule has 0 aliphatic rings. The first kappa shape index (κ1) is 23.8. The monoisotopic (exact) mass is 417 g/mol. The van der Waals surface area contributed by atoms with Gasteiger partial charge in [-0.2, -0.15) is 5.26 Å². The number of hydrogen-bond acceptors (Lipinski definition) is 6. The number of nitriles is 1. The van der Waals surface area contributed by atoms with Crippen LogP contribution in [-0.2, 0) is 4.79 Å². The molecule has 0 saturated heterocycles. The van der Waals surface area contributed by atoms with E-state index in [1.165, 1.54) is 13.2 Å². The Morgan fingerprint density at radius 2 is 1.72 bits per heavy atom. The maximum absolute atomic E-state index is 11.7. The molecule has 7 nitrogen and oxygen atoms in total. The van der Waals surface area contributed by atoms with Crippen LogP contribution in [0, 0.1) is 11.3 Å². The van der Waals surface area contributed by atoms with E-state index >= 15 is 0 Å². The largest absolute Gasteiger partial charge is 0.495 e. The van der Waals surface area contributed by atoms with E-state index in [0.717, 1.165) is 11.1 Å². The summed E-state index contributed by atoms with van der Waals surface area (Å²) in [6, 6.07) is 12.8. The summed E-state index contributed by atoms with van der Waals surface area (Å²) in [6.45, 7) is 2.22. The molecule has 0 unspecified atom stereocenters. The molecule has 0 heterocycles. The smallest absolute Gasteiger partial charge is 0.238 e. The molecule has 0 aliphatic carbocycles. The van der Waals surface area contributed by atoms with Crippen molar-refractivity contribution in [3.8, 4) is 23.3 Å². The topological polar surface area (TPSA) is 107 Å². The number of benzene rings is 2. The number of allylic oxidation sites excluding steroid dienone is 1. The van der Waals surface area contributed by atoms with Gasteiger partial charge in [0.15, 0.2) is 11.5 Å². The molecular weight excluding hydrogens is 394 g/mol. The first-order valence-corrected chi connectivity index (χ1v) is 8.67. The molecule has 8 heteroatoms. The van der Waals surface area contributed by atoms with Gasteiger partial charge < -0.3 is 25.3 Å². The van der Waals surface area contributed by atoms with E-state index in [4.69, 9.17) is 19.9 Å². The first-order chi connectivity index (χ1) is 13.6. The molecular formula is C21H24ClN3O4. The van der Waals surface area contributed by atoms with Crippen molar-refractivity contribution in [3.05, 3.63) is 53.6 Å². The maximum atomic E-state index is 11.7. The van der Waals surface area contributed by atoms with Crippen molar-refractivity contribution in [3.63, 3.8) is 0 Å². The molecule has 0 saturated carbocycles. The molecule has 0 spiro atoms. The molecule has 0 radical (unpaired) electrons. The minimum absolute atomic E-state index is 0. The summed E-state index contributed by atoms with van der Waals surface area (Å²) in [7, 11) is 3.08. The van der Waals surface area contributed by atoms with Crippen LogP contribution in [0.15, 0.2) is 42.5 Å². The average Bonchev–Trinajstić information content (AvgIpc) is 2.72. The van der Waals surface area contributed by atoms with Crippen LogP contribution in [0.2, 0.25) is 0 Å². The highest BCUT2D eigenvalue weighted by atomic mass is 35.5. The second kappa shape index (κ2) is 11.6. The summed E-state index contributed by atoms with van der Waals surface area (Å²) < 4.78 is 16.2. The van der Waals surface area contributed by atoms with Gasteiger partial charge in [0.05, 0.1) is 39.1 Å². The lowest BCUT2D eigenvalue weighted by Gasteiger charge is -2.15. The Labute approximate surface area is 176 Å². The van der Waals surface area contributed by atoms with Gasteiger partial charge >= 0.3 is 0 Å². The van der Waals surface area contributed by atoms with Crippen LogP contribution in [0.5, 0.6) is 17.2 Å². The Morgan fingerprint density at radius 3 is 2.28 bits per heavy atom. The quantitative estimate of drug-likeness (QED) is 0.637. The second-order valence-corrected chi connectivity index (χ2v) is 5.65. The number of nitrogens with one attached hydrogen (secondary N) is 1. The zero-order valence-corrected chi connectivity index (χ0v) is 17.3. The molecule has 0 fully saturated rings. The highest BCUT2D eigenvalue weighted by molar-refractivity contribution is 5.95. The lowest BCUT2D eigenvalue weighted by Crippen LogP contribution is -2.22. The molecule has 2 aromatic rings. The van der Waals surface area contributed by atoms with Gasteiger partial charge in [0.25, 0.3) is 0 Å². The Balaban J connectivity index is 0.00000420. The predicted molar refractivity (Wildman–Crippen MR) is 115 cm³/mol. The van der Waals surface area contributed by atoms with Crippen LogP contribution in [-0.4, -0.2) is 33.3 Å². The summed E-state index contributed by atoms with van der Waals surface area (Å²) in [4.78, 5) is 11.7. The van der Waals surface area contributed by atoms with E-state index in [0.29, 0.717) is 35.1 Å². The fraction of sp³-hybridized carbons (Fsp3) is 0.238. The number of nitrogens with zero attached hydrogens (tertiary/aromatic N) is 1. The van der Waals surface area contributed by atoms with E-state index in [-0.39, 0.29) is 24.9 Å². The lowest BCUT2D eigenvalue weighted by atomic mass is 9.96. The third-order valence-corrected chi connectivity index (χ3v) is 3.95. The molecule has 154 valence electrons. The van der Waals surface area contributed by atoms with Crippen molar-refractivity contribution in [2.75, 3.05) is 32.7 Å². The number of carbonyl (C=O) groups excluding carboxylic acids is 1. The van der Waals surface area contributed by atoms with Crippen LogP contribution in [0.25, 0.3) is 5.57 Å². The van der Waals surface area contributed by atoms with Gasteiger partial charge in [-0.1, -0.05) is 12.1 Å². The number of nitrogens with two attached hydrogens (primary N) is 1. The van der Waals surface area contributed by atoms with Gasteiger partial charge in [-0.3, -0.25) is 4.79 Å². The summed E-state index contributed by atoms with van der Waals surface area (Å²) in [6.07, 6.45) is 1.44. The van der Waals surface area contributed by atoms with E-state index in [9.17, 15) is 10.1 Å². The SMILES string of the molecule is CCOc1cc(/C(=C/C#N)c2ccc(OC)c(NC(=O)CN)c2)ccc1OC.Cl. The highest BCUT2D eigenvalue weighted by Gasteiger charge is 2.14. The molecule has 2 aromatic carbocycles. The molecule has 0 atom stereocenters. The highest BCUT2D eigenvalue weighted by Crippen LogP contribution is 2.35. The zero-order valence-electron chi connectivity index (χ0n) is 16.5. The Morgan fingerprint density at radius 1 is 1.10 bits per heavy atom. The average molecular weight is 418 g/mol. The number of hydrogen-bond donors (Lipinski definition) is 2. The van der Waals surface area contributed by atoms with Crippen molar-refractivity contribution < 1.29 is 19.0 Å². The van der Waals surface area contributed by atoms with Crippen LogP contribution in [0.1, 0.15) is 18.1 Å². The van der Waals surface area contributed by atoms with Crippen molar-refractivity contribution >= 4 is 29.6 Å². The molecule has 29 heavy (non-hydrogen) atoms. The third-order valence-electron chi connectivity index (χ3n) is 3.95. The molecule has 0 aromatic heterocycles. The number of rotatable bonds is 8. The van der Waals surface area contributed by atoms with Gasteiger partial charge in [-0.25, -0.2) is 0 Å². The summed E-state index contributed by atoms with van der Waals surface area (Å²) >= 11 is 0. The minimum Gasteiger partial charge on any atom is -0.495 e. The zero-order chi connectivity index (χ0) is 20.5. The molecule has 1 amide bonds. The van der Waals surface area contributed by atoms with Crippen LogP contribution >= 0.6 is 12.4 Å². The van der Waals surface area contributed by atoms with Gasteiger partial charge in [-0.05, 0) is 47.9 Å². The van der Waals surface area contributed by atoms with Crippen molar-refractivity contribution in [2.45, 2.75) is 6.92 Å². The van der Waals surface area contributed by atoms with E-state index < -0.39 is 0 Å².